The van der Waals surface area contributed by atoms with Crippen LogP contribution in [0.25, 0.3) is 5.73 Å². The minimum absolute atomic E-state index is 0. The van der Waals surface area contributed by atoms with Crippen LogP contribution in [0.2, 0.25) is 0 Å². The normalized spacial score (nSPS) is 6.00. The minimum atomic E-state index is 0. The summed E-state index contributed by atoms with van der Waals surface area (Å²) in [5, 5.41) is 0. The fraction of sp³-hybridized carbons (Fsp3) is 1.00. The summed E-state index contributed by atoms with van der Waals surface area (Å²) in [6.07, 6.45) is 0. The van der Waals surface area contributed by atoms with Gasteiger partial charge in [0.15, 0.2) is 0 Å². The Hall–Kier alpha value is 0.414. The van der Waals surface area contributed by atoms with Gasteiger partial charge in [-0.15, -0.1) is 6.54 Å². The van der Waals surface area contributed by atoms with Crippen molar-refractivity contribution in [1.82, 2.24) is 0 Å². The second kappa shape index (κ2) is 8.83. The SMILES string of the molecule is [NH-]CCN.[Ni]. The molecule has 36 valence electrons. The van der Waals surface area contributed by atoms with Gasteiger partial charge in [0, 0.05) is 16.5 Å². The van der Waals surface area contributed by atoms with Gasteiger partial charge in [0.1, 0.15) is 0 Å². The number of hydrogen-bond acceptors (Lipinski definition) is 1. The Bertz CT molecular complexity index is 9.61. The Morgan fingerprint density at radius 2 is 1.80 bits per heavy atom. The molecule has 0 amide bonds. The van der Waals surface area contributed by atoms with E-state index in [-0.39, 0.29) is 16.5 Å². The molecule has 0 saturated heterocycles. The molecule has 2 nitrogen and oxygen atoms in total. The molecular weight excluding hydrogens is 111 g/mol. The van der Waals surface area contributed by atoms with Gasteiger partial charge in [-0.25, -0.2) is 0 Å². The molecule has 3 heteroatoms. The molecule has 0 radical (unpaired) electrons. The monoisotopic (exact) mass is 117 g/mol. The van der Waals surface area contributed by atoms with Crippen LogP contribution in [0, 0.1) is 0 Å². The standard InChI is InChI=1S/C2H7N2.Ni/c3-1-2-4;/h3H,1-2,4H2;/q-1;. The van der Waals surface area contributed by atoms with Crippen molar-refractivity contribution in [2.75, 3.05) is 13.1 Å². The zero-order valence-corrected chi connectivity index (χ0v) is 3.80. The Morgan fingerprint density at radius 3 is 1.80 bits per heavy atom. The molecule has 0 aliphatic carbocycles. The van der Waals surface area contributed by atoms with Crippen molar-refractivity contribution in [2.24, 2.45) is 5.73 Å². The third kappa shape index (κ3) is 12.9. The molecule has 0 spiro atoms. The Morgan fingerprint density at radius 1 is 1.60 bits per heavy atom. The summed E-state index contributed by atoms with van der Waals surface area (Å²) >= 11 is 0. The van der Waals surface area contributed by atoms with Gasteiger partial charge in [0.2, 0.25) is 0 Å². The number of hydrogen-bond donors (Lipinski definition) is 1. The largest absolute Gasteiger partial charge is 0.676 e. The van der Waals surface area contributed by atoms with Crippen LogP contribution >= 0.6 is 0 Å². The maximum Gasteiger partial charge on any atom is 0 e. The van der Waals surface area contributed by atoms with Crippen LogP contribution < -0.4 is 5.73 Å². The molecule has 3 N–H and O–H groups in total. The van der Waals surface area contributed by atoms with Crippen molar-refractivity contribution in [1.29, 1.82) is 0 Å². The molecule has 0 aliphatic rings. The van der Waals surface area contributed by atoms with E-state index in [9.17, 15) is 0 Å². The smallest absolute Gasteiger partial charge is 0 e. The summed E-state index contributed by atoms with van der Waals surface area (Å²) in [4.78, 5) is 0. The maximum absolute atomic E-state index is 6.33. The van der Waals surface area contributed by atoms with Crippen LogP contribution in [-0.4, -0.2) is 13.1 Å². The first-order valence-electron chi connectivity index (χ1n) is 1.26. The van der Waals surface area contributed by atoms with Gasteiger partial charge in [-0.05, 0) is 6.54 Å². The van der Waals surface area contributed by atoms with Gasteiger partial charge < -0.3 is 11.5 Å². The quantitative estimate of drug-likeness (QED) is 0.483. The summed E-state index contributed by atoms with van der Waals surface area (Å²) in [7, 11) is 0. The molecule has 0 fully saturated rings. The third-order valence-electron chi connectivity index (χ3n) is 0.144. The van der Waals surface area contributed by atoms with Crippen molar-refractivity contribution in [3.05, 3.63) is 5.73 Å². The first kappa shape index (κ1) is 9.05. The zero-order chi connectivity index (χ0) is 3.41. The molecule has 0 heterocycles. The molecular formula is C2H7N2Ni-. The zero-order valence-electron chi connectivity index (χ0n) is 2.81. The molecule has 0 aromatic rings. The first-order valence-corrected chi connectivity index (χ1v) is 1.26. The van der Waals surface area contributed by atoms with Crippen molar-refractivity contribution >= 4 is 0 Å². The van der Waals surface area contributed by atoms with Gasteiger partial charge >= 0.3 is 0 Å². The molecule has 0 bridgehead atoms. The fourth-order valence-corrected chi connectivity index (χ4v) is 0. The van der Waals surface area contributed by atoms with Crippen molar-refractivity contribution in [3.8, 4) is 0 Å². The second-order valence-corrected chi connectivity index (χ2v) is 0.539. The summed E-state index contributed by atoms with van der Waals surface area (Å²) in [5.41, 5.74) is 11.2. The van der Waals surface area contributed by atoms with E-state index in [0.717, 1.165) is 0 Å². The number of nitrogens with two attached hydrogens (primary N) is 1. The molecule has 0 aromatic heterocycles. The minimum Gasteiger partial charge on any atom is -0.676 e. The molecule has 0 rings (SSSR count). The predicted molar refractivity (Wildman–Crippen MR) is 18.2 cm³/mol. The van der Waals surface area contributed by atoms with Crippen LogP contribution in [0.1, 0.15) is 0 Å². The average molecular weight is 118 g/mol. The van der Waals surface area contributed by atoms with Gasteiger partial charge in [0.05, 0.1) is 0 Å². The van der Waals surface area contributed by atoms with Gasteiger partial charge in [0.25, 0.3) is 0 Å². The van der Waals surface area contributed by atoms with Crippen LogP contribution in [0.3, 0.4) is 0 Å². The summed E-state index contributed by atoms with van der Waals surface area (Å²) in [6, 6.07) is 0. The fourth-order valence-electron chi connectivity index (χ4n) is 0. The molecule has 5 heavy (non-hydrogen) atoms. The predicted octanol–water partition coefficient (Wildman–Crippen LogP) is -0.00520. The van der Waals surface area contributed by atoms with Crippen LogP contribution in [0.5, 0.6) is 0 Å². The van der Waals surface area contributed by atoms with E-state index in [0.29, 0.717) is 13.1 Å². The summed E-state index contributed by atoms with van der Waals surface area (Å²) in [6.45, 7) is 0.833. The molecule has 0 aromatic carbocycles. The van der Waals surface area contributed by atoms with Crippen molar-refractivity contribution in [3.63, 3.8) is 0 Å². The molecule has 0 aliphatic heterocycles. The van der Waals surface area contributed by atoms with E-state index in [1.165, 1.54) is 0 Å². The second-order valence-electron chi connectivity index (χ2n) is 0.539. The number of rotatable bonds is 1. The topological polar surface area (TPSA) is 49.8 Å². The number of nitrogens with one attached hydrogen (secondary N) is 1. The summed E-state index contributed by atoms with van der Waals surface area (Å²) < 4.78 is 0. The van der Waals surface area contributed by atoms with Crippen LogP contribution in [0.4, 0.5) is 0 Å². The van der Waals surface area contributed by atoms with E-state index in [4.69, 9.17) is 11.5 Å². The van der Waals surface area contributed by atoms with Crippen molar-refractivity contribution in [2.45, 2.75) is 0 Å². The Labute approximate surface area is 41.8 Å². The van der Waals surface area contributed by atoms with Gasteiger partial charge in [-0.2, -0.15) is 0 Å². The first-order chi connectivity index (χ1) is 1.91. The van der Waals surface area contributed by atoms with Gasteiger partial charge in [-0.1, -0.05) is 0 Å². The molecule has 0 saturated carbocycles. The Balaban J connectivity index is 0. The van der Waals surface area contributed by atoms with Gasteiger partial charge in [-0.3, -0.25) is 0 Å². The van der Waals surface area contributed by atoms with E-state index < -0.39 is 0 Å². The van der Waals surface area contributed by atoms with Crippen molar-refractivity contribution < 1.29 is 16.5 Å². The van der Waals surface area contributed by atoms with Crippen LogP contribution in [0.15, 0.2) is 0 Å². The molecule has 0 unspecified atom stereocenters. The van der Waals surface area contributed by atoms with E-state index in [1.54, 1.807) is 0 Å². The maximum atomic E-state index is 6.33. The average Bonchev–Trinajstić information content (AvgIpc) is 1.37. The van der Waals surface area contributed by atoms with Crippen LogP contribution in [-0.2, 0) is 16.5 Å². The molecule has 0 atom stereocenters. The third-order valence-corrected chi connectivity index (χ3v) is 0.144. The van der Waals surface area contributed by atoms with E-state index >= 15 is 0 Å². The van der Waals surface area contributed by atoms with E-state index in [2.05, 4.69) is 0 Å². The Kier molecular flexibility index (Phi) is 16.0. The van der Waals surface area contributed by atoms with E-state index in [1.807, 2.05) is 0 Å². The summed E-state index contributed by atoms with van der Waals surface area (Å²) in [5.74, 6) is 0.